The van der Waals surface area contributed by atoms with Crippen molar-refractivity contribution in [2.24, 2.45) is 5.73 Å². The van der Waals surface area contributed by atoms with Gasteiger partial charge in [0.1, 0.15) is 5.82 Å². The van der Waals surface area contributed by atoms with Crippen LogP contribution in [0.4, 0.5) is 4.39 Å². The quantitative estimate of drug-likeness (QED) is 0.908. The lowest BCUT2D eigenvalue weighted by Crippen LogP contribution is -2.21. The molecule has 0 bridgehead atoms. The summed E-state index contributed by atoms with van der Waals surface area (Å²) in [5.74, 6) is 0.860. The highest BCUT2D eigenvalue weighted by molar-refractivity contribution is 9.10. The predicted octanol–water partition coefficient (Wildman–Crippen LogP) is 2.31. The second-order valence-corrected chi connectivity index (χ2v) is 5.12. The summed E-state index contributed by atoms with van der Waals surface area (Å²) in [6.07, 6.45) is 1.82. The molecule has 1 aromatic rings. The van der Waals surface area contributed by atoms with Crippen LogP contribution in [0.3, 0.4) is 0 Å². The fourth-order valence-corrected chi connectivity index (χ4v) is 2.58. The molecule has 1 aromatic carbocycles. The summed E-state index contributed by atoms with van der Waals surface area (Å²) in [7, 11) is 0. The number of benzene rings is 1. The van der Waals surface area contributed by atoms with Gasteiger partial charge in [0.2, 0.25) is 6.79 Å². The first-order chi connectivity index (χ1) is 7.68. The Morgan fingerprint density at radius 2 is 2.19 bits per heavy atom. The standard InChI is InChI=1S/C11H11BrFNO2/c12-6-3-7-10(16-5-15-7)8(9(6)13)11(4-14)1-2-11/h3H,1-2,4-5,14H2. The molecule has 0 aromatic heterocycles. The second kappa shape index (κ2) is 3.34. The number of nitrogens with two attached hydrogens (primary N) is 1. The lowest BCUT2D eigenvalue weighted by molar-refractivity contribution is 0.172. The molecule has 1 heterocycles. The third kappa shape index (κ3) is 1.28. The van der Waals surface area contributed by atoms with Crippen LogP contribution in [-0.2, 0) is 5.41 Å². The average Bonchev–Trinajstić information content (AvgIpc) is 2.93. The van der Waals surface area contributed by atoms with Gasteiger partial charge in [-0.15, -0.1) is 0 Å². The fourth-order valence-electron chi connectivity index (χ4n) is 2.17. The molecule has 0 radical (unpaired) electrons. The molecule has 1 fully saturated rings. The third-order valence-electron chi connectivity index (χ3n) is 3.33. The van der Waals surface area contributed by atoms with Crippen LogP contribution in [-0.4, -0.2) is 13.3 Å². The molecule has 1 aliphatic carbocycles. The SMILES string of the molecule is NCC1(c2c(F)c(Br)cc3c2OCO3)CC1. The number of halogens is 2. The Morgan fingerprint density at radius 3 is 2.81 bits per heavy atom. The van der Waals surface area contributed by atoms with E-state index in [2.05, 4.69) is 15.9 Å². The van der Waals surface area contributed by atoms with Crippen LogP contribution in [0.2, 0.25) is 0 Å². The monoisotopic (exact) mass is 287 g/mol. The average molecular weight is 288 g/mol. The van der Waals surface area contributed by atoms with E-state index in [1.54, 1.807) is 6.07 Å². The van der Waals surface area contributed by atoms with Crippen LogP contribution in [0.1, 0.15) is 18.4 Å². The van der Waals surface area contributed by atoms with E-state index in [1.807, 2.05) is 0 Å². The lowest BCUT2D eigenvalue weighted by Gasteiger charge is -2.17. The van der Waals surface area contributed by atoms with Crippen LogP contribution in [0.15, 0.2) is 10.5 Å². The fraction of sp³-hybridized carbons (Fsp3) is 0.455. The maximum absolute atomic E-state index is 14.1. The Labute approximate surface area is 101 Å². The Hall–Kier alpha value is -0.810. The summed E-state index contributed by atoms with van der Waals surface area (Å²) in [5, 5.41) is 0. The second-order valence-electron chi connectivity index (χ2n) is 4.27. The molecule has 86 valence electrons. The molecular formula is C11H11BrFNO2. The summed E-state index contributed by atoms with van der Waals surface area (Å²) in [5.41, 5.74) is 6.07. The van der Waals surface area contributed by atoms with Gasteiger partial charge in [0.25, 0.3) is 0 Å². The first kappa shape index (κ1) is 10.4. The number of ether oxygens (including phenoxy) is 2. The number of hydrogen-bond donors (Lipinski definition) is 1. The molecule has 0 saturated heterocycles. The van der Waals surface area contributed by atoms with Gasteiger partial charge in [-0.3, -0.25) is 0 Å². The Morgan fingerprint density at radius 1 is 1.44 bits per heavy atom. The van der Waals surface area contributed by atoms with E-state index < -0.39 is 0 Å². The smallest absolute Gasteiger partial charge is 0.231 e. The summed E-state index contributed by atoms with van der Waals surface area (Å²) >= 11 is 3.20. The summed E-state index contributed by atoms with van der Waals surface area (Å²) in [6, 6.07) is 1.60. The van der Waals surface area contributed by atoms with Gasteiger partial charge in [-0.05, 0) is 28.8 Å². The molecule has 16 heavy (non-hydrogen) atoms. The maximum Gasteiger partial charge on any atom is 0.231 e. The highest BCUT2D eigenvalue weighted by Gasteiger charge is 2.48. The molecule has 1 saturated carbocycles. The summed E-state index contributed by atoms with van der Waals surface area (Å²) < 4.78 is 25.2. The molecular weight excluding hydrogens is 277 g/mol. The third-order valence-corrected chi connectivity index (χ3v) is 3.91. The highest BCUT2D eigenvalue weighted by atomic mass is 79.9. The van der Waals surface area contributed by atoms with Crippen LogP contribution in [0.5, 0.6) is 11.5 Å². The van der Waals surface area contributed by atoms with Gasteiger partial charge in [-0.1, -0.05) is 0 Å². The molecule has 0 unspecified atom stereocenters. The van der Waals surface area contributed by atoms with Crippen LogP contribution < -0.4 is 15.2 Å². The van der Waals surface area contributed by atoms with Gasteiger partial charge in [-0.2, -0.15) is 0 Å². The number of rotatable bonds is 2. The van der Waals surface area contributed by atoms with Gasteiger partial charge in [0, 0.05) is 23.6 Å². The van der Waals surface area contributed by atoms with Crippen molar-refractivity contribution >= 4 is 15.9 Å². The van der Waals surface area contributed by atoms with Crippen LogP contribution in [0, 0.1) is 5.82 Å². The Kier molecular flexibility index (Phi) is 2.16. The zero-order valence-corrected chi connectivity index (χ0v) is 10.1. The minimum atomic E-state index is -0.271. The molecule has 2 N–H and O–H groups in total. The van der Waals surface area contributed by atoms with Crippen molar-refractivity contribution in [1.82, 2.24) is 0 Å². The largest absolute Gasteiger partial charge is 0.454 e. The van der Waals surface area contributed by atoms with Crippen molar-refractivity contribution < 1.29 is 13.9 Å². The van der Waals surface area contributed by atoms with Gasteiger partial charge in [0.15, 0.2) is 11.5 Å². The predicted molar refractivity (Wildman–Crippen MR) is 60.2 cm³/mol. The number of hydrogen-bond acceptors (Lipinski definition) is 3. The Bertz CT molecular complexity index is 460. The Balaban J connectivity index is 2.23. The number of fused-ring (bicyclic) bond motifs is 1. The van der Waals surface area contributed by atoms with E-state index >= 15 is 0 Å². The molecule has 0 amide bonds. The van der Waals surface area contributed by atoms with Gasteiger partial charge >= 0.3 is 0 Å². The zero-order chi connectivity index (χ0) is 11.3. The minimum absolute atomic E-state index is 0.152. The van der Waals surface area contributed by atoms with Crippen LogP contribution in [0.25, 0.3) is 0 Å². The van der Waals surface area contributed by atoms with E-state index in [4.69, 9.17) is 15.2 Å². The first-order valence-electron chi connectivity index (χ1n) is 5.16. The van der Waals surface area contributed by atoms with Crippen molar-refractivity contribution in [3.05, 3.63) is 21.9 Å². The van der Waals surface area contributed by atoms with E-state index in [1.165, 1.54) is 0 Å². The van der Waals surface area contributed by atoms with Crippen molar-refractivity contribution in [1.29, 1.82) is 0 Å². The molecule has 2 aliphatic rings. The highest BCUT2D eigenvalue weighted by Crippen LogP contribution is 2.55. The van der Waals surface area contributed by atoms with Crippen molar-refractivity contribution in [3.8, 4) is 11.5 Å². The molecule has 5 heteroatoms. The van der Waals surface area contributed by atoms with Crippen molar-refractivity contribution in [2.75, 3.05) is 13.3 Å². The minimum Gasteiger partial charge on any atom is -0.454 e. The molecule has 3 nitrogen and oxygen atoms in total. The van der Waals surface area contributed by atoms with Crippen molar-refractivity contribution in [3.63, 3.8) is 0 Å². The maximum atomic E-state index is 14.1. The van der Waals surface area contributed by atoms with Gasteiger partial charge < -0.3 is 15.2 Å². The molecule has 0 atom stereocenters. The topological polar surface area (TPSA) is 44.5 Å². The summed E-state index contributed by atoms with van der Waals surface area (Å²) in [4.78, 5) is 0. The lowest BCUT2D eigenvalue weighted by atomic mass is 9.94. The van der Waals surface area contributed by atoms with Crippen LogP contribution >= 0.6 is 15.9 Å². The molecule has 3 rings (SSSR count). The van der Waals surface area contributed by atoms with E-state index in [9.17, 15) is 4.39 Å². The van der Waals surface area contributed by atoms with Crippen molar-refractivity contribution in [2.45, 2.75) is 18.3 Å². The van der Waals surface area contributed by atoms with E-state index in [-0.39, 0.29) is 18.0 Å². The van der Waals surface area contributed by atoms with E-state index in [0.717, 1.165) is 12.8 Å². The van der Waals surface area contributed by atoms with E-state index in [0.29, 0.717) is 28.1 Å². The van der Waals surface area contributed by atoms with Gasteiger partial charge in [0.05, 0.1) is 4.47 Å². The first-order valence-corrected chi connectivity index (χ1v) is 5.95. The van der Waals surface area contributed by atoms with Gasteiger partial charge in [-0.25, -0.2) is 4.39 Å². The normalized spacial score (nSPS) is 19.9. The zero-order valence-electron chi connectivity index (χ0n) is 8.56. The molecule has 0 spiro atoms. The molecule has 1 aliphatic heterocycles. The summed E-state index contributed by atoms with van der Waals surface area (Å²) in [6.45, 7) is 0.592.